The number of hydrogen-bond donors (Lipinski definition) is 7. The van der Waals surface area contributed by atoms with Crippen molar-refractivity contribution in [2.75, 3.05) is 45.9 Å². The van der Waals surface area contributed by atoms with E-state index in [1.165, 1.54) is 0 Å². The SMILES string of the molecule is NCCCN(CCCN)CC(=O)NCC#Cc1cn([C@H]2O[C@@H](CO)C(O)C2O)c(=O)[nH]c1=O. The van der Waals surface area contributed by atoms with Crippen molar-refractivity contribution in [1.82, 2.24) is 19.8 Å². The molecule has 9 N–H and O–H groups in total. The van der Waals surface area contributed by atoms with Crippen LogP contribution in [0.1, 0.15) is 24.6 Å². The summed E-state index contributed by atoms with van der Waals surface area (Å²) in [5.74, 6) is 4.96. The van der Waals surface area contributed by atoms with Crippen molar-refractivity contribution in [3.63, 3.8) is 0 Å². The van der Waals surface area contributed by atoms with Crippen LogP contribution in [0.25, 0.3) is 0 Å². The fraction of sp³-hybridized carbons (Fsp3) is 0.650. The molecular formula is C20H32N6O7. The zero-order chi connectivity index (χ0) is 24.4. The zero-order valence-electron chi connectivity index (χ0n) is 18.3. The lowest BCUT2D eigenvalue weighted by atomic mass is 10.1. The number of amides is 1. The molecule has 0 radical (unpaired) electrons. The maximum atomic E-state index is 12.2. The maximum absolute atomic E-state index is 12.2. The zero-order valence-corrected chi connectivity index (χ0v) is 18.3. The molecule has 0 aliphatic carbocycles. The number of H-pyrrole nitrogens is 1. The molecule has 0 spiro atoms. The molecule has 1 aromatic heterocycles. The van der Waals surface area contributed by atoms with Gasteiger partial charge in [-0.2, -0.15) is 0 Å². The third-order valence-corrected chi connectivity index (χ3v) is 5.08. The molecule has 2 unspecified atom stereocenters. The Hall–Kier alpha value is -2.57. The molecule has 1 fully saturated rings. The average Bonchev–Trinajstić information content (AvgIpc) is 3.08. The largest absolute Gasteiger partial charge is 0.394 e. The number of aromatic amines is 1. The van der Waals surface area contributed by atoms with Gasteiger partial charge in [0.15, 0.2) is 6.23 Å². The molecule has 2 rings (SSSR count). The number of hydrogen-bond acceptors (Lipinski definition) is 10. The smallest absolute Gasteiger partial charge is 0.330 e. The molecule has 4 atom stereocenters. The van der Waals surface area contributed by atoms with E-state index in [0.717, 1.165) is 23.6 Å². The van der Waals surface area contributed by atoms with Crippen LogP contribution in [-0.4, -0.2) is 99.9 Å². The van der Waals surface area contributed by atoms with Gasteiger partial charge < -0.3 is 36.8 Å². The predicted octanol–water partition coefficient (Wildman–Crippen LogP) is -4.38. The Morgan fingerprint density at radius 1 is 1.21 bits per heavy atom. The van der Waals surface area contributed by atoms with Gasteiger partial charge in [0.05, 0.1) is 19.7 Å². The second-order valence-electron chi connectivity index (χ2n) is 7.58. The molecule has 1 aliphatic rings. The first-order chi connectivity index (χ1) is 15.8. The van der Waals surface area contributed by atoms with Gasteiger partial charge in [-0.15, -0.1) is 0 Å². The minimum absolute atomic E-state index is 0.0348. The first-order valence-corrected chi connectivity index (χ1v) is 10.7. The normalized spacial score (nSPS) is 22.2. The molecule has 1 saturated heterocycles. The monoisotopic (exact) mass is 468 g/mol. The third-order valence-electron chi connectivity index (χ3n) is 5.08. The maximum Gasteiger partial charge on any atom is 0.330 e. The highest BCUT2D eigenvalue weighted by atomic mass is 16.6. The molecular weight excluding hydrogens is 436 g/mol. The number of aliphatic hydroxyl groups is 3. The number of rotatable bonds is 11. The van der Waals surface area contributed by atoms with E-state index in [0.29, 0.717) is 26.2 Å². The van der Waals surface area contributed by atoms with E-state index in [1.54, 1.807) is 0 Å². The third kappa shape index (κ3) is 7.47. The van der Waals surface area contributed by atoms with Crippen molar-refractivity contribution in [1.29, 1.82) is 0 Å². The minimum atomic E-state index is -1.49. The summed E-state index contributed by atoms with van der Waals surface area (Å²) in [7, 11) is 0. The van der Waals surface area contributed by atoms with E-state index in [4.69, 9.17) is 16.2 Å². The summed E-state index contributed by atoms with van der Waals surface area (Å²) in [6.07, 6.45) is -2.68. The molecule has 13 heteroatoms. The van der Waals surface area contributed by atoms with Crippen LogP contribution < -0.4 is 28.0 Å². The average molecular weight is 469 g/mol. The summed E-state index contributed by atoms with van der Waals surface area (Å²) in [6, 6.07) is 0. The highest BCUT2D eigenvalue weighted by Gasteiger charge is 2.43. The Bertz CT molecular complexity index is 945. The van der Waals surface area contributed by atoms with Crippen molar-refractivity contribution in [3.05, 3.63) is 32.6 Å². The summed E-state index contributed by atoms with van der Waals surface area (Å²) < 4.78 is 6.20. The van der Waals surface area contributed by atoms with Gasteiger partial charge in [-0.25, -0.2) is 4.79 Å². The Morgan fingerprint density at radius 3 is 2.45 bits per heavy atom. The number of nitrogens with one attached hydrogen (secondary N) is 2. The Kier molecular flexibility index (Phi) is 10.7. The van der Waals surface area contributed by atoms with E-state index in [-0.39, 0.29) is 24.6 Å². The number of carbonyl (C=O) groups excluding carboxylic acids is 1. The summed E-state index contributed by atoms with van der Waals surface area (Å²) in [5.41, 5.74) is 9.32. The first kappa shape index (κ1) is 26.7. The summed E-state index contributed by atoms with van der Waals surface area (Å²) >= 11 is 0. The Morgan fingerprint density at radius 2 is 1.88 bits per heavy atom. The number of nitrogens with two attached hydrogens (primary N) is 2. The summed E-state index contributed by atoms with van der Waals surface area (Å²) in [5, 5.41) is 31.8. The molecule has 13 nitrogen and oxygen atoms in total. The molecule has 33 heavy (non-hydrogen) atoms. The standard InChI is InChI=1S/C20H32N6O7/c21-5-2-8-25(9-3-6-22)11-15(28)23-7-1-4-13-10-26(20(32)24-18(13)31)19-17(30)16(29)14(12-27)33-19/h10,14,16-17,19,27,29-30H,2-3,5-9,11-12,21-22H2,(H,23,28)(H,24,31,32)/t14-,16?,17?,19-/m0/s1. The van der Waals surface area contributed by atoms with Crippen LogP contribution in [0, 0.1) is 11.8 Å². The Balaban J connectivity index is 2.02. The van der Waals surface area contributed by atoms with Crippen molar-refractivity contribution < 1.29 is 24.9 Å². The number of carbonyl (C=O) groups is 1. The number of aliphatic hydroxyl groups excluding tert-OH is 3. The number of aromatic nitrogens is 2. The van der Waals surface area contributed by atoms with E-state index in [9.17, 15) is 29.7 Å². The van der Waals surface area contributed by atoms with Crippen LogP contribution in [0.3, 0.4) is 0 Å². The van der Waals surface area contributed by atoms with Crippen LogP contribution in [0.2, 0.25) is 0 Å². The molecule has 2 heterocycles. The van der Waals surface area contributed by atoms with Gasteiger partial charge in [0, 0.05) is 6.20 Å². The van der Waals surface area contributed by atoms with Crippen molar-refractivity contribution >= 4 is 5.91 Å². The van der Waals surface area contributed by atoms with Gasteiger partial charge in [0.2, 0.25) is 5.91 Å². The van der Waals surface area contributed by atoms with Crippen LogP contribution in [-0.2, 0) is 9.53 Å². The highest BCUT2D eigenvalue weighted by Crippen LogP contribution is 2.27. The summed E-state index contributed by atoms with van der Waals surface area (Å²) in [4.78, 5) is 40.4. The lowest BCUT2D eigenvalue weighted by Crippen LogP contribution is -2.39. The number of nitrogens with zero attached hydrogens (tertiary/aromatic N) is 2. The summed E-state index contributed by atoms with van der Waals surface area (Å²) in [6.45, 7) is 1.96. The fourth-order valence-corrected chi connectivity index (χ4v) is 3.31. The van der Waals surface area contributed by atoms with Crippen molar-refractivity contribution in [2.45, 2.75) is 37.4 Å². The first-order valence-electron chi connectivity index (χ1n) is 10.7. The van der Waals surface area contributed by atoms with Gasteiger partial charge >= 0.3 is 5.69 Å². The molecule has 1 aromatic rings. The highest BCUT2D eigenvalue weighted by molar-refractivity contribution is 5.78. The number of ether oxygens (including phenoxy) is 1. The molecule has 184 valence electrons. The Labute approximate surface area is 190 Å². The van der Waals surface area contributed by atoms with E-state index < -0.39 is 42.4 Å². The van der Waals surface area contributed by atoms with Gasteiger partial charge in [0.25, 0.3) is 5.56 Å². The second kappa shape index (κ2) is 13.2. The minimum Gasteiger partial charge on any atom is -0.394 e. The van der Waals surface area contributed by atoms with E-state index in [2.05, 4.69) is 22.1 Å². The van der Waals surface area contributed by atoms with Crippen molar-refractivity contribution in [3.8, 4) is 11.8 Å². The molecule has 0 aromatic carbocycles. The fourth-order valence-electron chi connectivity index (χ4n) is 3.31. The molecule has 0 bridgehead atoms. The van der Waals surface area contributed by atoms with Crippen LogP contribution in [0.15, 0.2) is 15.8 Å². The van der Waals surface area contributed by atoms with Gasteiger partial charge in [0.1, 0.15) is 23.9 Å². The predicted molar refractivity (Wildman–Crippen MR) is 118 cm³/mol. The van der Waals surface area contributed by atoms with Crippen molar-refractivity contribution in [2.24, 2.45) is 11.5 Å². The van der Waals surface area contributed by atoms with Gasteiger partial charge in [-0.1, -0.05) is 11.8 Å². The van der Waals surface area contributed by atoms with E-state index in [1.807, 2.05) is 4.90 Å². The van der Waals surface area contributed by atoms with Crippen LogP contribution in [0.5, 0.6) is 0 Å². The second-order valence-corrected chi connectivity index (χ2v) is 7.58. The molecule has 1 aliphatic heterocycles. The van der Waals surface area contributed by atoms with Crippen LogP contribution >= 0.6 is 0 Å². The quantitative estimate of drug-likeness (QED) is 0.155. The van der Waals surface area contributed by atoms with Crippen LogP contribution in [0.4, 0.5) is 0 Å². The lowest BCUT2D eigenvalue weighted by Gasteiger charge is -2.20. The lowest BCUT2D eigenvalue weighted by molar-refractivity contribution is -0.122. The van der Waals surface area contributed by atoms with E-state index >= 15 is 0 Å². The molecule has 1 amide bonds. The van der Waals surface area contributed by atoms with Gasteiger partial charge in [-0.3, -0.25) is 24.0 Å². The van der Waals surface area contributed by atoms with Gasteiger partial charge in [-0.05, 0) is 39.0 Å². The molecule has 0 saturated carbocycles. The topological polar surface area (TPSA) is 209 Å².